The Labute approximate surface area is 95.9 Å². The highest BCUT2D eigenvalue weighted by Crippen LogP contribution is 2.02. The van der Waals surface area contributed by atoms with Gasteiger partial charge in [-0.05, 0) is 18.4 Å². The van der Waals surface area contributed by atoms with Gasteiger partial charge in [0, 0.05) is 6.42 Å². The molecule has 0 aliphatic carbocycles. The second-order valence-corrected chi connectivity index (χ2v) is 3.75. The lowest BCUT2D eigenvalue weighted by Gasteiger charge is -2.12. The average molecular weight is 219 g/mol. The average Bonchev–Trinajstić information content (AvgIpc) is 2.30. The normalized spacial score (nSPS) is 11.8. The smallest absolute Gasteiger partial charge is 0.220 e. The van der Waals surface area contributed by atoms with Crippen molar-refractivity contribution in [2.75, 3.05) is 0 Å². The van der Waals surface area contributed by atoms with E-state index >= 15 is 0 Å². The molecule has 0 saturated heterocycles. The molecule has 1 amide bonds. The third-order valence-electron chi connectivity index (χ3n) is 2.29. The first-order chi connectivity index (χ1) is 7.76. The molecule has 0 heterocycles. The summed E-state index contributed by atoms with van der Waals surface area (Å²) in [6.45, 7) is 1.94. The Kier molecular flexibility index (Phi) is 5.26. The Morgan fingerprint density at radius 2 is 2.06 bits per heavy atom. The summed E-state index contributed by atoms with van der Waals surface area (Å²) in [6.07, 6.45) is 2.61. The van der Waals surface area contributed by atoms with Crippen LogP contribution in [0.2, 0.25) is 0 Å². The van der Waals surface area contributed by atoms with Crippen LogP contribution < -0.4 is 5.32 Å². The fraction of sp³-hybridized carbons (Fsp3) is 0.385. The molecule has 16 heavy (non-hydrogen) atoms. The first kappa shape index (κ1) is 12.4. The minimum absolute atomic E-state index is 0.0597. The second-order valence-electron chi connectivity index (χ2n) is 3.75. The highest BCUT2D eigenvalue weighted by atomic mass is 16.2. The minimum Gasteiger partial charge on any atom is -0.346 e. The number of amides is 1. The molecule has 1 atom stereocenters. The molecule has 1 unspecified atom stereocenters. The maximum absolute atomic E-state index is 11.3. The number of carbonyl (C=O) groups excluding carboxylic acids is 2. The van der Waals surface area contributed by atoms with Gasteiger partial charge in [0.2, 0.25) is 5.91 Å². The Balaban J connectivity index is 2.49. The summed E-state index contributed by atoms with van der Waals surface area (Å²) in [5, 5.41) is 2.71. The summed E-state index contributed by atoms with van der Waals surface area (Å²) in [7, 11) is 0. The predicted molar refractivity (Wildman–Crippen MR) is 63.0 cm³/mol. The fourth-order valence-electron chi connectivity index (χ4n) is 1.51. The summed E-state index contributed by atoms with van der Waals surface area (Å²) in [5.41, 5.74) is 1.05. The predicted octanol–water partition coefficient (Wildman–Crippen LogP) is 1.71. The number of nitrogens with one attached hydrogen (secondary N) is 1. The summed E-state index contributed by atoms with van der Waals surface area (Å²) in [6, 6.07) is 9.25. The van der Waals surface area contributed by atoms with Crippen LogP contribution in [-0.2, 0) is 16.0 Å². The van der Waals surface area contributed by atoms with Crippen LogP contribution in [0, 0.1) is 0 Å². The Morgan fingerprint density at radius 1 is 1.38 bits per heavy atom. The largest absolute Gasteiger partial charge is 0.346 e. The number of benzene rings is 1. The molecule has 1 rings (SSSR count). The van der Waals surface area contributed by atoms with E-state index < -0.39 is 6.04 Å². The number of hydrogen-bond donors (Lipinski definition) is 1. The van der Waals surface area contributed by atoms with E-state index in [4.69, 9.17) is 0 Å². The van der Waals surface area contributed by atoms with E-state index in [9.17, 15) is 9.59 Å². The topological polar surface area (TPSA) is 46.2 Å². The summed E-state index contributed by atoms with van der Waals surface area (Å²) < 4.78 is 0. The van der Waals surface area contributed by atoms with Gasteiger partial charge >= 0.3 is 0 Å². The van der Waals surface area contributed by atoms with Gasteiger partial charge < -0.3 is 10.1 Å². The zero-order valence-corrected chi connectivity index (χ0v) is 9.48. The van der Waals surface area contributed by atoms with E-state index in [1.807, 2.05) is 37.3 Å². The van der Waals surface area contributed by atoms with Crippen molar-refractivity contribution < 1.29 is 9.59 Å². The van der Waals surface area contributed by atoms with Crippen LogP contribution >= 0.6 is 0 Å². The molecule has 0 aliphatic heterocycles. The van der Waals surface area contributed by atoms with Crippen LogP contribution in [-0.4, -0.2) is 18.2 Å². The van der Waals surface area contributed by atoms with Gasteiger partial charge in [-0.2, -0.15) is 0 Å². The lowest BCUT2D eigenvalue weighted by molar-refractivity contribution is -0.124. The van der Waals surface area contributed by atoms with Crippen LogP contribution in [0.3, 0.4) is 0 Å². The van der Waals surface area contributed by atoms with Gasteiger partial charge in [-0.3, -0.25) is 4.79 Å². The van der Waals surface area contributed by atoms with Crippen molar-refractivity contribution in [1.82, 2.24) is 5.32 Å². The molecule has 3 nitrogen and oxygen atoms in total. The molecule has 1 aromatic carbocycles. The van der Waals surface area contributed by atoms with Gasteiger partial charge in [-0.15, -0.1) is 0 Å². The monoisotopic (exact) mass is 219 g/mol. The zero-order chi connectivity index (χ0) is 11.8. The third-order valence-corrected chi connectivity index (χ3v) is 2.29. The molecule has 1 N–H and O–H groups in total. The van der Waals surface area contributed by atoms with Crippen LogP contribution in [0.5, 0.6) is 0 Å². The van der Waals surface area contributed by atoms with Gasteiger partial charge in [0.1, 0.15) is 6.29 Å². The molecule has 1 aromatic rings. The molecule has 0 fully saturated rings. The first-order valence-electron chi connectivity index (χ1n) is 5.54. The molecule has 0 saturated carbocycles. The molecular formula is C13H17NO2. The van der Waals surface area contributed by atoms with E-state index in [1.165, 1.54) is 0 Å². The van der Waals surface area contributed by atoms with Gasteiger partial charge in [0.05, 0.1) is 6.04 Å². The van der Waals surface area contributed by atoms with Crippen molar-refractivity contribution >= 4 is 12.2 Å². The maximum atomic E-state index is 11.3. The van der Waals surface area contributed by atoms with Crippen molar-refractivity contribution in [3.8, 4) is 0 Å². The maximum Gasteiger partial charge on any atom is 0.220 e. The van der Waals surface area contributed by atoms with Crippen molar-refractivity contribution in [3.05, 3.63) is 35.9 Å². The first-order valence-corrected chi connectivity index (χ1v) is 5.54. The van der Waals surface area contributed by atoms with E-state index in [0.717, 1.165) is 18.3 Å². The molecule has 0 radical (unpaired) electrons. The molecule has 0 aliphatic rings. The number of aldehydes is 1. The third kappa shape index (κ3) is 4.26. The zero-order valence-electron chi connectivity index (χ0n) is 9.48. The molecule has 86 valence electrons. The Morgan fingerprint density at radius 3 is 2.62 bits per heavy atom. The summed E-state index contributed by atoms with van der Waals surface area (Å²) in [5.74, 6) is -0.0597. The highest BCUT2D eigenvalue weighted by Gasteiger charge is 2.10. The van der Waals surface area contributed by atoms with Gasteiger partial charge in [0.15, 0.2) is 0 Å². The SMILES string of the molecule is CCCC(=O)NC(C=O)Cc1ccccc1. The van der Waals surface area contributed by atoms with E-state index in [0.29, 0.717) is 12.8 Å². The fourth-order valence-corrected chi connectivity index (χ4v) is 1.51. The van der Waals surface area contributed by atoms with Crippen LogP contribution in [0.4, 0.5) is 0 Å². The van der Waals surface area contributed by atoms with E-state index in [-0.39, 0.29) is 5.91 Å². The Bertz CT molecular complexity index is 335. The number of carbonyl (C=O) groups is 2. The van der Waals surface area contributed by atoms with Crippen LogP contribution in [0.15, 0.2) is 30.3 Å². The summed E-state index contributed by atoms with van der Waals surface area (Å²) >= 11 is 0. The molecule has 0 spiro atoms. The van der Waals surface area contributed by atoms with Crippen LogP contribution in [0.1, 0.15) is 25.3 Å². The van der Waals surface area contributed by atoms with Gasteiger partial charge in [-0.1, -0.05) is 37.3 Å². The number of hydrogen-bond acceptors (Lipinski definition) is 2. The summed E-state index contributed by atoms with van der Waals surface area (Å²) in [4.78, 5) is 22.2. The Hall–Kier alpha value is -1.64. The lowest BCUT2D eigenvalue weighted by atomic mass is 10.1. The van der Waals surface area contributed by atoms with Crippen molar-refractivity contribution in [3.63, 3.8) is 0 Å². The quantitative estimate of drug-likeness (QED) is 0.740. The van der Waals surface area contributed by atoms with E-state index in [2.05, 4.69) is 5.32 Å². The number of rotatable bonds is 6. The molecule has 3 heteroatoms. The molecule has 0 bridgehead atoms. The molecule has 0 aromatic heterocycles. The minimum atomic E-state index is -0.415. The molecular weight excluding hydrogens is 202 g/mol. The van der Waals surface area contributed by atoms with Gasteiger partial charge in [0.25, 0.3) is 0 Å². The van der Waals surface area contributed by atoms with Crippen molar-refractivity contribution in [2.45, 2.75) is 32.2 Å². The standard InChI is InChI=1S/C13H17NO2/c1-2-6-13(16)14-12(10-15)9-11-7-4-3-5-8-11/h3-5,7-8,10,12H,2,6,9H2,1H3,(H,14,16). The van der Waals surface area contributed by atoms with E-state index in [1.54, 1.807) is 0 Å². The van der Waals surface area contributed by atoms with Crippen molar-refractivity contribution in [2.24, 2.45) is 0 Å². The lowest BCUT2D eigenvalue weighted by Crippen LogP contribution is -2.37. The van der Waals surface area contributed by atoms with Gasteiger partial charge in [-0.25, -0.2) is 0 Å². The van der Waals surface area contributed by atoms with Crippen molar-refractivity contribution in [1.29, 1.82) is 0 Å². The highest BCUT2D eigenvalue weighted by molar-refractivity contribution is 5.79. The second kappa shape index (κ2) is 6.77. The van der Waals surface area contributed by atoms with Crippen LogP contribution in [0.25, 0.3) is 0 Å².